The SMILES string of the molecule is C=C(F)F.C=C=C.FC(F)=C(F)Cl. The Hall–Kier alpha value is -1.06. The second-order valence-electron chi connectivity index (χ2n) is 1.11. The molecule has 0 aliphatic carbocycles. The van der Waals surface area contributed by atoms with Crippen molar-refractivity contribution in [2.24, 2.45) is 0 Å². The molecule has 13 heavy (non-hydrogen) atoms. The molecule has 0 fully saturated rings. The molecule has 0 aliphatic rings. The van der Waals surface area contributed by atoms with Crippen LogP contribution in [0.15, 0.2) is 42.9 Å². The zero-order valence-electron chi connectivity index (χ0n) is 6.39. The maximum absolute atomic E-state index is 10.7. The summed E-state index contributed by atoms with van der Waals surface area (Å²) in [4.78, 5) is 0. The molecule has 0 aliphatic heterocycles. The Morgan fingerprint density at radius 2 is 1.08 bits per heavy atom. The summed E-state index contributed by atoms with van der Waals surface area (Å²) >= 11 is 4.08. The minimum Gasteiger partial charge on any atom is -0.188 e. The van der Waals surface area contributed by atoms with E-state index in [0.717, 1.165) is 0 Å². The third-order valence-electron chi connectivity index (χ3n) is 0.143. The Kier molecular flexibility index (Phi) is 18.6. The predicted octanol–water partition coefficient (Wildman–Crippen LogP) is 4.61. The molecule has 0 heterocycles. The highest BCUT2D eigenvalue weighted by Crippen LogP contribution is 2.11. The molecule has 0 rings (SSSR count). The lowest BCUT2D eigenvalue weighted by atomic mass is 11.0. The quantitative estimate of drug-likeness (QED) is 0.413. The minimum atomic E-state index is -2.48. The van der Waals surface area contributed by atoms with Crippen molar-refractivity contribution in [3.63, 3.8) is 0 Å². The summed E-state index contributed by atoms with van der Waals surface area (Å²) in [6.07, 6.45) is -4.31. The molecule has 6 heteroatoms. The Morgan fingerprint density at radius 1 is 1.00 bits per heavy atom. The predicted molar refractivity (Wildman–Crippen MR) is 42.3 cm³/mol. The van der Waals surface area contributed by atoms with E-state index in [2.05, 4.69) is 37.1 Å². The van der Waals surface area contributed by atoms with Gasteiger partial charge in [-0.15, -0.1) is 5.73 Å². The van der Waals surface area contributed by atoms with E-state index in [1.807, 2.05) is 0 Å². The summed E-state index contributed by atoms with van der Waals surface area (Å²) in [5.74, 6) is 0. The summed E-state index contributed by atoms with van der Waals surface area (Å²) in [6.45, 7) is 8.47. The molecule has 0 aromatic heterocycles. The second-order valence-corrected chi connectivity index (χ2v) is 1.44. The van der Waals surface area contributed by atoms with Gasteiger partial charge in [0.15, 0.2) is 0 Å². The van der Waals surface area contributed by atoms with Gasteiger partial charge in [-0.1, -0.05) is 13.2 Å². The third kappa shape index (κ3) is 101. The molecular weight excluding hydrogens is 215 g/mol. The molecule has 0 nitrogen and oxygen atoms in total. The maximum Gasteiger partial charge on any atom is 0.317 e. The standard InChI is InChI=1S/C3H4.C2ClF3.C2H2F2/c1-3-2;3-1(4)2(5)6;1-2(3)4/h1-2H2;;1H2. The zero-order valence-corrected chi connectivity index (χ0v) is 7.15. The first-order chi connectivity index (χ1) is 5.79. The summed E-state index contributed by atoms with van der Waals surface area (Å²) in [7, 11) is 0. The molecule has 0 bridgehead atoms. The van der Waals surface area contributed by atoms with Gasteiger partial charge in [0.1, 0.15) is 0 Å². The Morgan fingerprint density at radius 3 is 1.08 bits per heavy atom. The normalized spacial score (nSPS) is 6.31. The van der Waals surface area contributed by atoms with Crippen molar-refractivity contribution in [1.82, 2.24) is 0 Å². The molecule has 0 aromatic rings. The summed E-state index contributed by atoms with van der Waals surface area (Å²) in [5, 5.41) is -1.94. The highest BCUT2D eigenvalue weighted by atomic mass is 35.5. The topological polar surface area (TPSA) is 0 Å². The van der Waals surface area contributed by atoms with Crippen molar-refractivity contribution in [3.05, 3.63) is 42.9 Å². The number of hydrogen-bond donors (Lipinski definition) is 0. The fraction of sp³-hybridized carbons (Fsp3) is 0. The second kappa shape index (κ2) is 13.5. The van der Waals surface area contributed by atoms with Gasteiger partial charge in [-0.3, -0.25) is 0 Å². The van der Waals surface area contributed by atoms with Crippen LogP contribution in [0.3, 0.4) is 0 Å². The van der Waals surface area contributed by atoms with Gasteiger partial charge in [0.05, 0.1) is 0 Å². The van der Waals surface area contributed by atoms with Gasteiger partial charge in [-0.05, 0) is 18.2 Å². The smallest absolute Gasteiger partial charge is 0.188 e. The molecule has 0 saturated carbocycles. The maximum atomic E-state index is 10.7. The molecule has 0 atom stereocenters. The first kappa shape index (κ1) is 17.9. The lowest BCUT2D eigenvalue weighted by Crippen LogP contribution is -1.54. The first-order valence-electron chi connectivity index (χ1n) is 2.44. The van der Waals surface area contributed by atoms with E-state index >= 15 is 0 Å². The number of rotatable bonds is 0. The lowest BCUT2D eigenvalue weighted by Gasteiger charge is -1.70. The van der Waals surface area contributed by atoms with E-state index in [0.29, 0.717) is 0 Å². The van der Waals surface area contributed by atoms with Gasteiger partial charge in [-0.25, -0.2) is 0 Å². The van der Waals surface area contributed by atoms with E-state index < -0.39 is 17.4 Å². The number of hydrogen-bond acceptors (Lipinski definition) is 0. The van der Waals surface area contributed by atoms with Crippen LogP contribution in [0, 0.1) is 0 Å². The Balaban J connectivity index is -0.000000125. The van der Waals surface area contributed by atoms with Gasteiger partial charge in [0.2, 0.25) is 0 Å². The average Bonchev–Trinajstić information content (AvgIpc) is 1.87. The van der Waals surface area contributed by atoms with Gasteiger partial charge in [-0.2, -0.15) is 22.0 Å². The van der Waals surface area contributed by atoms with Crippen LogP contribution < -0.4 is 0 Å². The fourth-order valence-corrected chi connectivity index (χ4v) is 0. The van der Waals surface area contributed by atoms with Crippen LogP contribution in [-0.4, -0.2) is 0 Å². The van der Waals surface area contributed by atoms with E-state index in [1.54, 1.807) is 0 Å². The van der Waals surface area contributed by atoms with Crippen molar-refractivity contribution in [2.45, 2.75) is 0 Å². The van der Waals surface area contributed by atoms with Crippen LogP contribution in [0.2, 0.25) is 0 Å². The largest absolute Gasteiger partial charge is 0.317 e. The van der Waals surface area contributed by atoms with E-state index in [4.69, 9.17) is 0 Å². The van der Waals surface area contributed by atoms with Gasteiger partial charge >= 0.3 is 6.08 Å². The first-order valence-corrected chi connectivity index (χ1v) is 2.82. The van der Waals surface area contributed by atoms with Gasteiger partial charge < -0.3 is 0 Å². The van der Waals surface area contributed by atoms with Crippen molar-refractivity contribution in [1.29, 1.82) is 0 Å². The van der Waals surface area contributed by atoms with Crippen LogP contribution in [0.25, 0.3) is 0 Å². The minimum absolute atomic E-state index is 1.83. The monoisotopic (exact) mass is 220 g/mol. The summed E-state index contributed by atoms with van der Waals surface area (Å²) < 4.78 is 52.1. The van der Waals surface area contributed by atoms with Crippen LogP contribution in [-0.2, 0) is 0 Å². The van der Waals surface area contributed by atoms with Crippen LogP contribution in [0.1, 0.15) is 0 Å². The van der Waals surface area contributed by atoms with Crippen molar-refractivity contribution in [3.8, 4) is 0 Å². The van der Waals surface area contributed by atoms with Crippen molar-refractivity contribution in [2.75, 3.05) is 0 Å². The van der Waals surface area contributed by atoms with E-state index in [-0.39, 0.29) is 0 Å². The molecule has 0 saturated heterocycles. The van der Waals surface area contributed by atoms with Gasteiger partial charge in [0.25, 0.3) is 11.4 Å². The molecular formula is C7H6ClF5. The molecule has 0 amide bonds. The summed E-state index contributed by atoms with van der Waals surface area (Å²) in [5.41, 5.74) is 2.25. The van der Waals surface area contributed by atoms with Gasteiger partial charge in [0, 0.05) is 0 Å². The lowest BCUT2D eigenvalue weighted by molar-refractivity contribution is 0.393. The Bertz CT molecular complexity index is 181. The molecule has 0 spiro atoms. The van der Waals surface area contributed by atoms with Crippen molar-refractivity contribution < 1.29 is 22.0 Å². The highest BCUT2D eigenvalue weighted by molar-refractivity contribution is 6.28. The van der Waals surface area contributed by atoms with E-state index in [1.165, 1.54) is 0 Å². The third-order valence-corrected chi connectivity index (χ3v) is 0.286. The van der Waals surface area contributed by atoms with Crippen LogP contribution in [0.4, 0.5) is 22.0 Å². The average molecular weight is 221 g/mol. The Labute approximate surface area is 77.3 Å². The molecule has 76 valence electrons. The molecule has 0 aromatic carbocycles. The fourth-order valence-electron chi connectivity index (χ4n) is 0. The summed E-state index contributed by atoms with van der Waals surface area (Å²) in [6, 6.07) is 0. The van der Waals surface area contributed by atoms with Crippen LogP contribution >= 0.6 is 11.6 Å². The molecule has 0 unspecified atom stereocenters. The van der Waals surface area contributed by atoms with E-state index in [9.17, 15) is 22.0 Å². The molecule has 0 N–H and O–H groups in total. The highest BCUT2D eigenvalue weighted by Gasteiger charge is 1.95. The van der Waals surface area contributed by atoms with Crippen molar-refractivity contribution >= 4 is 11.6 Å². The number of halogens is 6. The zero-order chi connectivity index (χ0) is 11.4. The van der Waals surface area contributed by atoms with Crippen LogP contribution in [0.5, 0.6) is 0 Å². The molecule has 0 radical (unpaired) electrons.